The lowest BCUT2D eigenvalue weighted by Gasteiger charge is -2.06. The Morgan fingerprint density at radius 2 is 2.07 bits per heavy atom. The Kier molecular flexibility index (Phi) is 2.53. The second-order valence-electron chi connectivity index (χ2n) is 3.58. The molecule has 78 valence electrons. The van der Waals surface area contributed by atoms with Crippen LogP contribution in [-0.4, -0.2) is 0 Å². The SMILES string of the molecule is Cc1c(CCl)c(=O)oc2c(C)cccc12. The summed E-state index contributed by atoms with van der Waals surface area (Å²) in [7, 11) is 0. The monoisotopic (exact) mass is 222 g/mol. The van der Waals surface area contributed by atoms with Crippen molar-refractivity contribution in [2.45, 2.75) is 19.7 Å². The molecule has 0 spiro atoms. The van der Waals surface area contributed by atoms with Crippen molar-refractivity contribution in [2.75, 3.05) is 0 Å². The Hall–Kier alpha value is -1.28. The summed E-state index contributed by atoms with van der Waals surface area (Å²) in [4.78, 5) is 11.6. The number of para-hydroxylation sites is 1. The van der Waals surface area contributed by atoms with Crippen molar-refractivity contribution in [3.8, 4) is 0 Å². The van der Waals surface area contributed by atoms with Crippen LogP contribution in [0.1, 0.15) is 16.7 Å². The zero-order valence-corrected chi connectivity index (χ0v) is 9.39. The molecule has 0 aliphatic rings. The quantitative estimate of drug-likeness (QED) is 0.548. The molecule has 0 aliphatic carbocycles. The van der Waals surface area contributed by atoms with Gasteiger partial charge in [-0.15, -0.1) is 11.6 Å². The van der Waals surface area contributed by atoms with Crippen molar-refractivity contribution in [3.05, 3.63) is 45.3 Å². The van der Waals surface area contributed by atoms with Crippen LogP contribution in [0.25, 0.3) is 11.0 Å². The molecule has 0 fully saturated rings. The number of alkyl halides is 1. The third-order valence-corrected chi connectivity index (χ3v) is 2.91. The highest BCUT2D eigenvalue weighted by molar-refractivity contribution is 6.17. The van der Waals surface area contributed by atoms with Crippen LogP contribution in [0.3, 0.4) is 0 Å². The normalized spacial score (nSPS) is 10.9. The van der Waals surface area contributed by atoms with Crippen LogP contribution in [-0.2, 0) is 5.88 Å². The Bertz CT molecular complexity index is 570. The van der Waals surface area contributed by atoms with E-state index in [-0.39, 0.29) is 11.5 Å². The van der Waals surface area contributed by atoms with E-state index >= 15 is 0 Å². The van der Waals surface area contributed by atoms with Crippen molar-refractivity contribution in [2.24, 2.45) is 0 Å². The van der Waals surface area contributed by atoms with E-state index in [1.165, 1.54) is 0 Å². The Labute approximate surface area is 92.5 Å². The first kappa shape index (κ1) is 10.2. The van der Waals surface area contributed by atoms with Crippen LogP contribution >= 0.6 is 11.6 Å². The molecule has 2 rings (SSSR count). The van der Waals surface area contributed by atoms with Crippen molar-refractivity contribution in [1.82, 2.24) is 0 Å². The molecule has 2 aromatic rings. The van der Waals surface area contributed by atoms with Gasteiger partial charge in [0.2, 0.25) is 0 Å². The smallest absolute Gasteiger partial charge is 0.340 e. The van der Waals surface area contributed by atoms with Crippen LogP contribution in [0.15, 0.2) is 27.4 Å². The minimum Gasteiger partial charge on any atom is -0.422 e. The van der Waals surface area contributed by atoms with Crippen LogP contribution in [0.2, 0.25) is 0 Å². The average Bonchev–Trinajstić information content (AvgIpc) is 2.20. The maximum Gasteiger partial charge on any atom is 0.340 e. The van der Waals surface area contributed by atoms with E-state index in [4.69, 9.17) is 16.0 Å². The fourth-order valence-corrected chi connectivity index (χ4v) is 2.02. The third kappa shape index (κ3) is 1.55. The van der Waals surface area contributed by atoms with Gasteiger partial charge >= 0.3 is 5.63 Å². The van der Waals surface area contributed by atoms with Gasteiger partial charge in [0.1, 0.15) is 5.58 Å². The van der Waals surface area contributed by atoms with Crippen molar-refractivity contribution in [1.29, 1.82) is 0 Å². The number of rotatable bonds is 1. The van der Waals surface area contributed by atoms with Gasteiger partial charge in [-0.3, -0.25) is 0 Å². The van der Waals surface area contributed by atoms with Crippen LogP contribution in [0.4, 0.5) is 0 Å². The molecule has 0 N–H and O–H groups in total. The fraction of sp³-hybridized carbons (Fsp3) is 0.250. The first-order chi connectivity index (χ1) is 7.15. The third-order valence-electron chi connectivity index (χ3n) is 2.64. The van der Waals surface area contributed by atoms with Crippen molar-refractivity contribution in [3.63, 3.8) is 0 Å². The average molecular weight is 223 g/mol. The van der Waals surface area contributed by atoms with Gasteiger partial charge in [0.15, 0.2) is 0 Å². The summed E-state index contributed by atoms with van der Waals surface area (Å²) in [6.07, 6.45) is 0. The molecule has 1 aromatic carbocycles. The highest BCUT2D eigenvalue weighted by Crippen LogP contribution is 2.22. The molecule has 0 bridgehead atoms. The van der Waals surface area contributed by atoms with E-state index in [0.29, 0.717) is 11.1 Å². The van der Waals surface area contributed by atoms with E-state index in [2.05, 4.69) is 0 Å². The first-order valence-electron chi connectivity index (χ1n) is 4.73. The number of halogens is 1. The Morgan fingerprint density at radius 1 is 1.33 bits per heavy atom. The van der Waals surface area contributed by atoms with E-state index in [9.17, 15) is 4.79 Å². The summed E-state index contributed by atoms with van der Waals surface area (Å²) in [5.74, 6) is 0.193. The molecule has 2 nitrogen and oxygen atoms in total. The predicted octanol–water partition coefficient (Wildman–Crippen LogP) is 3.15. The number of hydrogen-bond acceptors (Lipinski definition) is 2. The molecule has 1 aromatic heterocycles. The molecule has 0 atom stereocenters. The largest absolute Gasteiger partial charge is 0.422 e. The molecular weight excluding hydrogens is 212 g/mol. The summed E-state index contributed by atoms with van der Waals surface area (Å²) in [5.41, 5.74) is 2.77. The first-order valence-corrected chi connectivity index (χ1v) is 5.26. The van der Waals surface area contributed by atoms with Crippen molar-refractivity contribution < 1.29 is 4.42 Å². The fourth-order valence-electron chi connectivity index (χ4n) is 1.71. The molecule has 0 saturated heterocycles. The van der Waals surface area contributed by atoms with E-state index in [1.54, 1.807) is 0 Å². The lowest BCUT2D eigenvalue weighted by molar-refractivity contribution is 0.550. The highest BCUT2D eigenvalue weighted by Gasteiger charge is 2.10. The zero-order chi connectivity index (χ0) is 11.0. The summed E-state index contributed by atoms with van der Waals surface area (Å²) in [6, 6.07) is 5.81. The minimum atomic E-state index is -0.329. The number of benzene rings is 1. The molecule has 3 heteroatoms. The summed E-state index contributed by atoms with van der Waals surface area (Å²) in [5, 5.41) is 0.963. The van der Waals surface area contributed by atoms with Gasteiger partial charge < -0.3 is 4.42 Å². The maximum atomic E-state index is 11.6. The Morgan fingerprint density at radius 3 is 2.73 bits per heavy atom. The number of aryl methyl sites for hydroxylation is 2. The van der Waals surface area contributed by atoms with Gasteiger partial charge in [0.25, 0.3) is 0 Å². The molecule has 0 amide bonds. The van der Waals surface area contributed by atoms with E-state index < -0.39 is 0 Å². The Balaban J connectivity index is 2.97. The van der Waals surface area contributed by atoms with Gasteiger partial charge in [-0.05, 0) is 25.0 Å². The van der Waals surface area contributed by atoms with Gasteiger partial charge in [-0.1, -0.05) is 18.2 Å². The molecule has 0 unspecified atom stereocenters. The van der Waals surface area contributed by atoms with Gasteiger partial charge in [0.05, 0.1) is 11.4 Å². The number of hydrogen-bond donors (Lipinski definition) is 0. The van der Waals surface area contributed by atoms with Gasteiger partial charge in [-0.2, -0.15) is 0 Å². The van der Waals surface area contributed by atoms with Gasteiger partial charge in [-0.25, -0.2) is 4.79 Å². The lowest BCUT2D eigenvalue weighted by Crippen LogP contribution is -2.08. The highest BCUT2D eigenvalue weighted by atomic mass is 35.5. The second-order valence-corrected chi connectivity index (χ2v) is 3.85. The van der Waals surface area contributed by atoms with Crippen LogP contribution < -0.4 is 5.63 Å². The minimum absolute atomic E-state index is 0.193. The van der Waals surface area contributed by atoms with E-state index in [1.807, 2.05) is 32.0 Å². The number of fused-ring (bicyclic) bond motifs is 1. The summed E-state index contributed by atoms with van der Waals surface area (Å²) >= 11 is 5.72. The second kappa shape index (κ2) is 3.70. The molecule has 15 heavy (non-hydrogen) atoms. The summed E-state index contributed by atoms with van der Waals surface area (Å²) in [6.45, 7) is 3.82. The van der Waals surface area contributed by atoms with E-state index in [0.717, 1.165) is 16.5 Å². The van der Waals surface area contributed by atoms with Gasteiger partial charge in [0, 0.05) is 5.39 Å². The standard InChI is InChI=1S/C12H11ClO2/c1-7-4-3-5-9-8(2)10(6-13)12(14)15-11(7)9/h3-5H,6H2,1-2H3. The lowest BCUT2D eigenvalue weighted by atomic mass is 10.0. The van der Waals surface area contributed by atoms with Crippen molar-refractivity contribution >= 4 is 22.6 Å². The van der Waals surface area contributed by atoms with Crippen LogP contribution in [0.5, 0.6) is 0 Å². The molecule has 1 heterocycles. The molecule has 0 saturated carbocycles. The molecule has 0 aliphatic heterocycles. The zero-order valence-electron chi connectivity index (χ0n) is 8.63. The predicted molar refractivity (Wildman–Crippen MR) is 61.5 cm³/mol. The molecular formula is C12H11ClO2. The maximum absolute atomic E-state index is 11.6. The van der Waals surface area contributed by atoms with Crippen LogP contribution in [0, 0.1) is 13.8 Å². The topological polar surface area (TPSA) is 30.2 Å². The molecule has 0 radical (unpaired) electrons. The summed E-state index contributed by atoms with van der Waals surface area (Å²) < 4.78 is 5.26.